The van der Waals surface area contributed by atoms with Crippen LogP contribution in [-0.2, 0) is 12.6 Å². The molecule has 14 heavy (non-hydrogen) atoms. The van der Waals surface area contributed by atoms with Crippen molar-refractivity contribution < 1.29 is 10.9 Å². The van der Waals surface area contributed by atoms with Crippen LogP contribution in [0.25, 0.3) is 0 Å². The van der Waals surface area contributed by atoms with Crippen molar-refractivity contribution in [1.82, 2.24) is 0 Å². The molecule has 0 N–H and O–H groups in total. The molecule has 0 aliphatic carbocycles. The van der Waals surface area contributed by atoms with Crippen molar-refractivity contribution in [3.05, 3.63) is 29.8 Å². The first kappa shape index (κ1) is 12.0. The van der Waals surface area contributed by atoms with Crippen LogP contribution < -0.4 is 0 Å². The van der Waals surface area contributed by atoms with E-state index in [0.717, 1.165) is 5.56 Å². The number of benzene rings is 1. The molecule has 0 heterocycles. The summed E-state index contributed by atoms with van der Waals surface area (Å²) in [5, 5.41) is 0. The number of hydrogen-bond donors (Lipinski definition) is 0. The summed E-state index contributed by atoms with van der Waals surface area (Å²) in [4.78, 5) is 4.05. The second-order valence-corrected chi connectivity index (χ2v) is 12.6. The third-order valence-electron chi connectivity index (χ3n) is 1.63. The number of hydrogen-bond acceptors (Lipinski definition) is 3. The van der Waals surface area contributed by atoms with E-state index in [4.69, 9.17) is 2.52 Å². The van der Waals surface area contributed by atoms with Gasteiger partial charge in [0.25, 0.3) is 0 Å². The van der Waals surface area contributed by atoms with E-state index in [2.05, 4.69) is 0 Å². The minimum absolute atomic E-state index is 0.258. The fourth-order valence-corrected chi connectivity index (χ4v) is 7.39. The van der Waals surface area contributed by atoms with Crippen LogP contribution in [0, 0.1) is 6.92 Å². The van der Waals surface area contributed by atoms with Gasteiger partial charge in [0.2, 0.25) is 0 Å². The first-order valence-corrected chi connectivity index (χ1v) is 13.8. The molecule has 0 saturated carbocycles. The number of rotatable bonds is 3. The van der Waals surface area contributed by atoms with Gasteiger partial charge in [-0.25, -0.2) is 0 Å². The van der Waals surface area contributed by atoms with Crippen LogP contribution in [0.1, 0.15) is 5.56 Å². The molecule has 0 spiro atoms. The van der Waals surface area contributed by atoms with Crippen molar-refractivity contribution in [2.45, 2.75) is 21.7 Å². The van der Waals surface area contributed by atoms with E-state index in [-0.39, 0.29) is 4.90 Å². The summed E-state index contributed by atoms with van der Waals surface area (Å²) in [6.45, 7) is 1.92. The molecule has 0 amide bonds. The Kier molecular flexibility index (Phi) is 3.97. The SMILES string of the molecule is Cc1ccc(S(=O)(=O)[O][SnH]([CH3])[CH3])cc1. The van der Waals surface area contributed by atoms with Crippen LogP contribution in [0.2, 0.25) is 9.88 Å². The summed E-state index contributed by atoms with van der Waals surface area (Å²) in [6.07, 6.45) is 0. The van der Waals surface area contributed by atoms with Crippen molar-refractivity contribution in [3.63, 3.8) is 0 Å². The van der Waals surface area contributed by atoms with Crippen LogP contribution in [0.5, 0.6) is 0 Å². The van der Waals surface area contributed by atoms with Crippen molar-refractivity contribution in [2.24, 2.45) is 0 Å². The van der Waals surface area contributed by atoms with Crippen LogP contribution in [0.4, 0.5) is 0 Å². The second-order valence-electron chi connectivity index (χ2n) is 3.41. The van der Waals surface area contributed by atoms with Crippen molar-refractivity contribution in [2.75, 3.05) is 0 Å². The summed E-state index contributed by atoms with van der Waals surface area (Å²) >= 11 is -2.20. The molecule has 0 bridgehead atoms. The van der Waals surface area contributed by atoms with E-state index in [9.17, 15) is 8.42 Å². The Morgan fingerprint density at radius 3 is 2.07 bits per heavy atom. The molecule has 0 aromatic heterocycles. The third-order valence-corrected chi connectivity index (χ3v) is 8.58. The van der Waals surface area contributed by atoms with Gasteiger partial charge in [-0.15, -0.1) is 0 Å². The molecule has 0 radical (unpaired) electrons. The normalized spacial score (nSPS) is 12.0. The average Bonchev–Trinajstić information content (AvgIpc) is 2.02. The fraction of sp³-hybridized carbons (Fsp3) is 0.333. The van der Waals surface area contributed by atoms with E-state index in [1.807, 2.05) is 16.8 Å². The number of aryl methyl sites for hydroxylation is 1. The van der Waals surface area contributed by atoms with Gasteiger partial charge in [0.05, 0.1) is 0 Å². The van der Waals surface area contributed by atoms with E-state index in [0.29, 0.717) is 0 Å². The summed E-state index contributed by atoms with van der Waals surface area (Å²) < 4.78 is 28.2. The van der Waals surface area contributed by atoms with Crippen molar-refractivity contribution in [1.29, 1.82) is 0 Å². The Bertz CT molecular complexity index is 395. The molecule has 1 rings (SSSR count). The molecule has 0 aliphatic rings. The molecular formula is C9H14O3SSn. The van der Waals surface area contributed by atoms with Gasteiger partial charge < -0.3 is 0 Å². The predicted octanol–water partition coefficient (Wildman–Crippen LogP) is 1.68. The van der Waals surface area contributed by atoms with E-state index in [1.54, 1.807) is 24.3 Å². The zero-order valence-electron chi connectivity index (χ0n) is 8.52. The minimum atomic E-state index is -3.48. The first-order chi connectivity index (χ1) is 6.42. The van der Waals surface area contributed by atoms with Crippen LogP contribution in [0.15, 0.2) is 29.2 Å². The van der Waals surface area contributed by atoms with E-state index >= 15 is 0 Å². The molecular weight excluding hydrogens is 307 g/mol. The second kappa shape index (κ2) is 4.63. The maximum atomic E-state index is 11.6. The summed E-state index contributed by atoms with van der Waals surface area (Å²) in [6, 6.07) is 6.70. The molecule has 5 heteroatoms. The average molecular weight is 321 g/mol. The van der Waals surface area contributed by atoms with Crippen LogP contribution in [0.3, 0.4) is 0 Å². The molecule has 78 valence electrons. The Morgan fingerprint density at radius 2 is 1.64 bits per heavy atom. The van der Waals surface area contributed by atoms with Gasteiger partial charge in [-0.2, -0.15) is 0 Å². The molecule has 0 atom stereocenters. The van der Waals surface area contributed by atoms with E-state index in [1.165, 1.54) is 0 Å². The first-order valence-electron chi connectivity index (χ1n) is 4.42. The summed E-state index contributed by atoms with van der Waals surface area (Å²) in [5.74, 6) is 0. The fourth-order valence-electron chi connectivity index (χ4n) is 1.01. The molecule has 1 aromatic rings. The topological polar surface area (TPSA) is 43.4 Å². The van der Waals surface area contributed by atoms with Gasteiger partial charge in [-0.3, -0.25) is 0 Å². The Hall–Kier alpha value is -0.0713. The molecule has 0 fully saturated rings. The molecule has 0 saturated heterocycles. The Morgan fingerprint density at radius 1 is 1.14 bits per heavy atom. The predicted molar refractivity (Wildman–Crippen MR) is 58.3 cm³/mol. The van der Waals surface area contributed by atoms with Crippen molar-refractivity contribution in [3.8, 4) is 0 Å². The molecule has 0 unspecified atom stereocenters. The van der Waals surface area contributed by atoms with Crippen LogP contribution in [-0.4, -0.2) is 28.6 Å². The Balaban J connectivity index is 2.99. The third kappa shape index (κ3) is 3.25. The quantitative estimate of drug-likeness (QED) is 0.796. The van der Waals surface area contributed by atoms with Gasteiger partial charge in [0.1, 0.15) is 0 Å². The Labute approximate surface area is 92.5 Å². The monoisotopic (exact) mass is 322 g/mol. The van der Waals surface area contributed by atoms with E-state index < -0.39 is 30.3 Å². The van der Waals surface area contributed by atoms with Gasteiger partial charge in [-0.1, -0.05) is 0 Å². The van der Waals surface area contributed by atoms with Gasteiger partial charge in [0, 0.05) is 0 Å². The zero-order valence-corrected chi connectivity index (χ0v) is 12.6. The maximum absolute atomic E-state index is 11.6. The van der Waals surface area contributed by atoms with Crippen molar-refractivity contribution >= 4 is 30.3 Å². The molecule has 0 aliphatic heterocycles. The summed E-state index contributed by atoms with van der Waals surface area (Å²) in [5.41, 5.74) is 1.04. The molecule has 1 aromatic carbocycles. The molecule has 3 nitrogen and oxygen atoms in total. The zero-order chi connectivity index (χ0) is 10.8. The van der Waals surface area contributed by atoms with Gasteiger partial charge in [-0.05, 0) is 0 Å². The van der Waals surface area contributed by atoms with Crippen LogP contribution >= 0.6 is 0 Å². The standard InChI is InChI=1S/C7H8O3S.2CH3.Sn.H/c1-6-2-4-7(5-3-6)11(8,9)10;;;;/h2-5H,1H3,(H,8,9,10);2*1H3;;/q;;;+1;/p-1. The summed E-state index contributed by atoms with van der Waals surface area (Å²) in [7, 11) is -3.48. The van der Waals surface area contributed by atoms with Gasteiger partial charge in [0.15, 0.2) is 0 Å². The van der Waals surface area contributed by atoms with Gasteiger partial charge >= 0.3 is 92.8 Å².